The summed E-state index contributed by atoms with van der Waals surface area (Å²) in [6, 6.07) is 4.86. The summed E-state index contributed by atoms with van der Waals surface area (Å²) in [6.07, 6.45) is -3.53. The van der Waals surface area contributed by atoms with E-state index in [0.717, 1.165) is 18.5 Å². The highest BCUT2D eigenvalue weighted by Crippen LogP contribution is 2.31. The van der Waals surface area contributed by atoms with Gasteiger partial charge in [-0.3, -0.25) is 9.59 Å². The van der Waals surface area contributed by atoms with Gasteiger partial charge in [0.15, 0.2) is 5.13 Å². The number of thiazole rings is 1. The fourth-order valence-corrected chi connectivity index (χ4v) is 3.42. The molecule has 0 aliphatic carbocycles. The van der Waals surface area contributed by atoms with Crippen molar-refractivity contribution in [1.29, 1.82) is 0 Å². The second-order valence-electron chi connectivity index (χ2n) is 6.05. The number of piperazine rings is 1. The van der Waals surface area contributed by atoms with E-state index < -0.39 is 11.7 Å². The number of nitrogens with one attached hydrogen (secondary N) is 1. The lowest BCUT2D eigenvalue weighted by Crippen LogP contribution is -2.48. The topological polar surface area (TPSA) is 65.5 Å². The second-order valence-corrected chi connectivity index (χ2v) is 6.90. The predicted octanol–water partition coefficient (Wildman–Crippen LogP) is 2.75. The zero-order valence-electron chi connectivity index (χ0n) is 14.2. The van der Waals surface area contributed by atoms with E-state index in [-0.39, 0.29) is 18.0 Å². The summed E-state index contributed by atoms with van der Waals surface area (Å²) >= 11 is 1.22. The van der Waals surface area contributed by atoms with Crippen LogP contribution in [0, 0.1) is 0 Å². The molecule has 1 aromatic carbocycles. The van der Waals surface area contributed by atoms with E-state index in [2.05, 4.69) is 10.3 Å². The molecule has 1 fully saturated rings. The van der Waals surface area contributed by atoms with Crippen molar-refractivity contribution in [3.05, 3.63) is 40.9 Å². The smallest absolute Gasteiger partial charge is 0.342 e. The molecular weight excluding hydrogens is 381 g/mol. The van der Waals surface area contributed by atoms with Gasteiger partial charge < -0.3 is 15.1 Å². The summed E-state index contributed by atoms with van der Waals surface area (Å²) in [4.78, 5) is 30.6. The third-order valence-electron chi connectivity index (χ3n) is 4.14. The van der Waals surface area contributed by atoms with Crippen molar-refractivity contribution in [2.45, 2.75) is 12.6 Å². The number of amides is 2. The van der Waals surface area contributed by atoms with E-state index in [1.165, 1.54) is 23.5 Å². The van der Waals surface area contributed by atoms with Gasteiger partial charge in [-0.15, -0.1) is 11.3 Å². The first kappa shape index (κ1) is 19.2. The Bertz CT molecular complexity index is 817. The Balaban J connectivity index is 1.59. The van der Waals surface area contributed by atoms with E-state index in [4.69, 9.17) is 0 Å². The number of hydrogen-bond donors (Lipinski definition) is 1. The number of hydrogen-bond acceptors (Lipinski definition) is 5. The van der Waals surface area contributed by atoms with Gasteiger partial charge in [-0.2, -0.15) is 13.2 Å². The van der Waals surface area contributed by atoms with Crippen LogP contribution in [0.25, 0.3) is 0 Å². The molecule has 0 atom stereocenters. The van der Waals surface area contributed by atoms with Gasteiger partial charge in [0.05, 0.1) is 17.7 Å². The summed E-state index contributed by atoms with van der Waals surface area (Å²) < 4.78 is 38.3. The molecule has 1 N–H and O–H groups in total. The Kier molecular flexibility index (Phi) is 5.64. The number of benzene rings is 1. The number of carbonyl (C=O) groups excluding carboxylic acids is 2. The van der Waals surface area contributed by atoms with Gasteiger partial charge in [0.1, 0.15) is 0 Å². The fraction of sp³-hybridized carbons (Fsp3) is 0.353. The standard InChI is InChI=1S/C17H17F3N4O2S/c18-17(19,20)12-2-1-3-13(8-12)21-16-22-14(10-27-16)9-15(26)24-6-4-23(11-25)5-7-24/h1-3,8,10-11H,4-7,9H2,(H,21,22). The molecule has 3 rings (SSSR count). The minimum atomic E-state index is -4.41. The van der Waals surface area contributed by atoms with E-state index in [9.17, 15) is 22.8 Å². The Morgan fingerprint density at radius 3 is 2.67 bits per heavy atom. The van der Waals surface area contributed by atoms with Crippen molar-refractivity contribution < 1.29 is 22.8 Å². The molecule has 1 aliphatic rings. The number of rotatable bonds is 5. The van der Waals surface area contributed by atoms with Crippen molar-refractivity contribution in [3.8, 4) is 0 Å². The van der Waals surface area contributed by atoms with Crippen LogP contribution in [0.15, 0.2) is 29.6 Å². The van der Waals surface area contributed by atoms with Crippen molar-refractivity contribution >= 4 is 34.5 Å². The number of anilines is 2. The molecular formula is C17H17F3N4O2S. The van der Waals surface area contributed by atoms with Gasteiger partial charge in [-0.25, -0.2) is 4.98 Å². The van der Waals surface area contributed by atoms with E-state index in [1.54, 1.807) is 15.2 Å². The first-order chi connectivity index (χ1) is 12.8. The molecule has 2 heterocycles. The minimum Gasteiger partial charge on any atom is -0.342 e. The van der Waals surface area contributed by atoms with Crippen LogP contribution in [0.5, 0.6) is 0 Å². The van der Waals surface area contributed by atoms with Crippen LogP contribution in [0.3, 0.4) is 0 Å². The maximum Gasteiger partial charge on any atom is 0.416 e. The third-order valence-corrected chi connectivity index (χ3v) is 4.95. The molecule has 6 nitrogen and oxygen atoms in total. The van der Waals surface area contributed by atoms with Gasteiger partial charge >= 0.3 is 6.18 Å². The van der Waals surface area contributed by atoms with E-state index in [1.807, 2.05) is 0 Å². The molecule has 1 saturated heterocycles. The van der Waals surface area contributed by atoms with Gasteiger partial charge in [-0.1, -0.05) is 6.07 Å². The molecule has 2 aromatic rings. The molecule has 0 spiro atoms. The highest BCUT2D eigenvalue weighted by atomic mass is 32.1. The molecule has 10 heteroatoms. The zero-order chi connectivity index (χ0) is 19.4. The lowest BCUT2D eigenvalue weighted by atomic mass is 10.2. The summed E-state index contributed by atoms with van der Waals surface area (Å²) in [6.45, 7) is 1.98. The molecule has 144 valence electrons. The molecule has 0 saturated carbocycles. The van der Waals surface area contributed by atoms with Gasteiger partial charge in [0.2, 0.25) is 12.3 Å². The van der Waals surface area contributed by atoms with Gasteiger partial charge in [-0.05, 0) is 18.2 Å². The Morgan fingerprint density at radius 1 is 1.26 bits per heavy atom. The SMILES string of the molecule is O=CN1CCN(C(=O)Cc2csc(Nc3cccc(C(F)(F)F)c3)n2)CC1. The molecule has 2 amide bonds. The minimum absolute atomic E-state index is 0.0866. The van der Waals surface area contributed by atoms with Crippen molar-refractivity contribution in [1.82, 2.24) is 14.8 Å². The lowest BCUT2D eigenvalue weighted by molar-refractivity contribution is -0.137. The normalized spacial score (nSPS) is 14.9. The van der Waals surface area contributed by atoms with Crippen LogP contribution in [0.1, 0.15) is 11.3 Å². The quantitative estimate of drug-likeness (QED) is 0.787. The zero-order valence-corrected chi connectivity index (χ0v) is 15.0. The summed E-state index contributed by atoms with van der Waals surface area (Å²) in [7, 11) is 0. The largest absolute Gasteiger partial charge is 0.416 e. The molecule has 1 aromatic heterocycles. The van der Waals surface area contributed by atoms with Gasteiger partial charge in [0.25, 0.3) is 0 Å². The molecule has 1 aliphatic heterocycles. The van der Waals surface area contributed by atoms with Crippen LogP contribution in [0.4, 0.5) is 24.0 Å². The maximum absolute atomic E-state index is 12.8. The second kappa shape index (κ2) is 7.95. The lowest BCUT2D eigenvalue weighted by Gasteiger charge is -2.32. The highest BCUT2D eigenvalue weighted by Gasteiger charge is 2.30. The third kappa shape index (κ3) is 4.97. The van der Waals surface area contributed by atoms with Crippen molar-refractivity contribution in [3.63, 3.8) is 0 Å². The fourth-order valence-electron chi connectivity index (χ4n) is 2.69. The van der Waals surface area contributed by atoms with Crippen molar-refractivity contribution in [2.75, 3.05) is 31.5 Å². The van der Waals surface area contributed by atoms with Gasteiger partial charge in [0, 0.05) is 37.2 Å². The summed E-state index contributed by atoms with van der Waals surface area (Å²) in [5.41, 5.74) is 0.0910. The van der Waals surface area contributed by atoms with Crippen LogP contribution >= 0.6 is 11.3 Å². The first-order valence-corrected chi connectivity index (χ1v) is 9.09. The number of alkyl halides is 3. The number of aromatic nitrogens is 1. The predicted molar refractivity (Wildman–Crippen MR) is 94.8 cm³/mol. The van der Waals surface area contributed by atoms with Crippen molar-refractivity contribution in [2.24, 2.45) is 0 Å². The Morgan fingerprint density at radius 2 is 2.00 bits per heavy atom. The van der Waals surface area contributed by atoms with Crippen LogP contribution in [0.2, 0.25) is 0 Å². The maximum atomic E-state index is 12.8. The number of carbonyl (C=O) groups is 2. The number of halogens is 3. The summed E-state index contributed by atoms with van der Waals surface area (Å²) in [5, 5.41) is 4.96. The van der Waals surface area contributed by atoms with E-state index in [0.29, 0.717) is 37.0 Å². The molecule has 0 bridgehead atoms. The molecule has 0 radical (unpaired) electrons. The van der Waals surface area contributed by atoms with Crippen LogP contribution in [-0.2, 0) is 22.2 Å². The number of nitrogens with zero attached hydrogens (tertiary/aromatic N) is 3. The van der Waals surface area contributed by atoms with Crippen LogP contribution < -0.4 is 5.32 Å². The summed E-state index contributed by atoms with van der Waals surface area (Å²) in [5.74, 6) is -0.0866. The van der Waals surface area contributed by atoms with Crippen LogP contribution in [-0.4, -0.2) is 53.3 Å². The first-order valence-electron chi connectivity index (χ1n) is 8.21. The molecule has 27 heavy (non-hydrogen) atoms. The average Bonchev–Trinajstić information content (AvgIpc) is 3.08. The molecule has 0 unspecified atom stereocenters. The van der Waals surface area contributed by atoms with E-state index >= 15 is 0 Å². The highest BCUT2D eigenvalue weighted by molar-refractivity contribution is 7.13. The Labute approximate surface area is 157 Å². The average molecular weight is 398 g/mol. The monoisotopic (exact) mass is 398 g/mol. The Hall–Kier alpha value is -2.62.